The van der Waals surface area contributed by atoms with Crippen LogP contribution in [0.2, 0.25) is 0 Å². The molecule has 0 fully saturated rings. The Labute approximate surface area is 190 Å². The fraction of sp³-hybridized carbons (Fsp3) is 0.348. The van der Waals surface area contributed by atoms with E-state index in [4.69, 9.17) is 14.9 Å². The van der Waals surface area contributed by atoms with Crippen molar-refractivity contribution in [1.29, 1.82) is 5.41 Å². The molecule has 0 heterocycles. The van der Waals surface area contributed by atoms with E-state index in [1.54, 1.807) is 12.4 Å². The average molecular weight is 446 g/mol. The lowest BCUT2D eigenvalue weighted by Gasteiger charge is -2.12. The van der Waals surface area contributed by atoms with Crippen molar-refractivity contribution in [2.45, 2.75) is 52.7 Å². The van der Waals surface area contributed by atoms with Gasteiger partial charge in [-0.25, -0.2) is 10.9 Å². The minimum Gasteiger partial charge on any atom is -0.491 e. The van der Waals surface area contributed by atoms with Gasteiger partial charge in [0, 0.05) is 0 Å². The first kappa shape index (κ1) is 26.0. The number of hydrazone groups is 2. The largest absolute Gasteiger partial charge is 0.491 e. The standard InChI is InChI=1S/C23H31N5O2.ClH/c1-5-17(3)29-21-11-7-19(8-12-21)15-25-27-23(24)28-26-16-20-9-13-22(14-10-20)30-18(4)6-2;/h7-18H,5-6H2,1-4H3,(H3,24,27,28);1H. The van der Waals surface area contributed by atoms with Crippen LogP contribution in [0.1, 0.15) is 51.7 Å². The molecular formula is C23H32ClN5O2. The zero-order valence-corrected chi connectivity index (χ0v) is 19.3. The minimum atomic E-state index is -0.0315. The van der Waals surface area contributed by atoms with Crippen molar-refractivity contribution >= 4 is 30.8 Å². The van der Waals surface area contributed by atoms with E-state index in [0.717, 1.165) is 35.5 Å². The molecule has 2 aromatic carbocycles. The second-order valence-corrected chi connectivity index (χ2v) is 6.93. The molecule has 168 valence electrons. The SMILES string of the molecule is CCC(C)Oc1ccc(C=NNC(=N)NN=Cc2ccc(OC(C)CC)cc2)cc1.Cl. The van der Waals surface area contributed by atoms with Gasteiger partial charge in [-0.15, -0.1) is 12.4 Å². The zero-order chi connectivity index (χ0) is 21.8. The van der Waals surface area contributed by atoms with Gasteiger partial charge in [-0.05, 0) is 86.3 Å². The highest BCUT2D eigenvalue weighted by molar-refractivity contribution is 5.85. The van der Waals surface area contributed by atoms with Crippen LogP contribution >= 0.6 is 12.4 Å². The number of nitrogens with one attached hydrogen (secondary N) is 3. The Bertz CT molecular complexity index is 769. The predicted octanol–water partition coefficient (Wildman–Crippen LogP) is 4.94. The summed E-state index contributed by atoms with van der Waals surface area (Å²) < 4.78 is 11.5. The number of ether oxygens (including phenoxy) is 2. The van der Waals surface area contributed by atoms with Gasteiger partial charge in [-0.3, -0.25) is 5.41 Å². The highest BCUT2D eigenvalue weighted by atomic mass is 35.5. The second kappa shape index (κ2) is 14.0. The normalized spacial score (nSPS) is 12.8. The van der Waals surface area contributed by atoms with Crippen molar-refractivity contribution in [3.05, 3.63) is 59.7 Å². The molecule has 2 unspecified atom stereocenters. The van der Waals surface area contributed by atoms with Gasteiger partial charge in [0.1, 0.15) is 11.5 Å². The number of benzene rings is 2. The molecule has 0 bridgehead atoms. The first-order valence-corrected chi connectivity index (χ1v) is 10.2. The molecular weight excluding hydrogens is 414 g/mol. The molecule has 0 aliphatic carbocycles. The van der Waals surface area contributed by atoms with Crippen LogP contribution in [0.3, 0.4) is 0 Å². The van der Waals surface area contributed by atoms with E-state index in [0.29, 0.717) is 0 Å². The Balaban J connectivity index is 0.00000480. The molecule has 0 aliphatic rings. The third kappa shape index (κ3) is 10.00. The van der Waals surface area contributed by atoms with Crippen LogP contribution in [-0.4, -0.2) is 30.6 Å². The van der Waals surface area contributed by atoms with Gasteiger partial charge in [0.05, 0.1) is 24.6 Å². The highest BCUT2D eigenvalue weighted by Gasteiger charge is 2.01. The summed E-state index contributed by atoms with van der Waals surface area (Å²) in [7, 11) is 0. The van der Waals surface area contributed by atoms with Crippen molar-refractivity contribution in [3.8, 4) is 11.5 Å². The van der Waals surface area contributed by atoms with Crippen molar-refractivity contribution in [2.75, 3.05) is 0 Å². The molecule has 2 rings (SSSR count). The van der Waals surface area contributed by atoms with Gasteiger partial charge in [0.2, 0.25) is 5.96 Å². The molecule has 0 amide bonds. The Morgan fingerprint density at radius 2 is 1.16 bits per heavy atom. The zero-order valence-electron chi connectivity index (χ0n) is 18.5. The summed E-state index contributed by atoms with van der Waals surface area (Å²) in [4.78, 5) is 0. The maximum atomic E-state index is 7.80. The van der Waals surface area contributed by atoms with Crippen molar-refractivity contribution in [3.63, 3.8) is 0 Å². The Hall–Kier alpha value is -3.06. The number of hydrogen-bond acceptors (Lipinski definition) is 5. The summed E-state index contributed by atoms with van der Waals surface area (Å²) in [6.45, 7) is 8.25. The number of guanidine groups is 1. The van der Waals surface area contributed by atoms with Gasteiger partial charge in [0.15, 0.2) is 0 Å². The molecule has 0 radical (unpaired) electrons. The summed E-state index contributed by atoms with van der Waals surface area (Å²) in [6, 6.07) is 15.3. The van der Waals surface area contributed by atoms with Crippen LogP contribution < -0.4 is 20.3 Å². The molecule has 2 atom stereocenters. The third-order valence-corrected chi connectivity index (χ3v) is 4.36. The topological polar surface area (TPSA) is 91.1 Å². The van der Waals surface area contributed by atoms with E-state index in [1.807, 2.05) is 62.4 Å². The lowest BCUT2D eigenvalue weighted by atomic mass is 10.2. The van der Waals surface area contributed by atoms with E-state index in [1.165, 1.54) is 0 Å². The number of hydrogen-bond donors (Lipinski definition) is 3. The molecule has 3 N–H and O–H groups in total. The first-order valence-electron chi connectivity index (χ1n) is 10.2. The molecule has 0 aliphatic heterocycles. The van der Waals surface area contributed by atoms with Crippen LogP contribution in [0.4, 0.5) is 0 Å². The average Bonchev–Trinajstić information content (AvgIpc) is 2.76. The van der Waals surface area contributed by atoms with Crippen LogP contribution in [0.5, 0.6) is 11.5 Å². The Morgan fingerprint density at radius 1 is 0.806 bits per heavy atom. The molecule has 0 saturated carbocycles. The molecule has 0 aromatic heterocycles. The molecule has 7 nitrogen and oxygen atoms in total. The molecule has 0 saturated heterocycles. The summed E-state index contributed by atoms with van der Waals surface area (Å²) in [6.07, 6.45) is 5.56. The fourth-order valence-electron chi connectivity index (χ4n) is 2.26. The highest BCUT2D eigenvalue weighted by Crippen LogP contribution is 2.15. The second-order valence-electron chi connectivity index (χ2n) is 6.93. The van der Waals surface area contributed by atoms with Crippen LogP contribution in [0.15, 0.2) is 58.7 Å². The van der Waals surface area contributed by atoms with Crippen LogP contribution in [0, 0.1) is 5.41 Å². The molecule has 0 spiro atoms. The maximum Gasteiger partial charge on any atom is 0.230 e. The Kier molecular flexibility index (Phi) is 11.8. The van der Waals surface area contributed by atoms with Crippen molar-refractivity contribution in [1.82, 2.24) is 10.9 Å². The molecule has 8 heteroatoms. The van der Waals surface area contributed by atoms with Gasteiger partial charge in [-0.1, -0.05) is 13.8 Å². The smallest absolute Gasteiger partial charge is 0.230 e. The maximum absolute atomic E-state index is 7.80. The number of nitrogens with zero attached hydrogens (tertiary/aromatic N) is 2. The van der Waals surface area contributed by atoms with Crippen LogP contribution in [0.25, 0.3) is 0 Å². The molecule has 2 aromatic rings. The number of rotatable bonds is 10. The summed E-state index contributed by atoms with van der Waals surface area (Å²) in [5, 5.41) is 15.9. The van der Waals surface area contributed by atoms with Gasteiger partial charge in [0.25, 0.3) is 0 Å². The van der Waals surface area contributed by atoms with Gasteiger partial charge < -0.3 is 9.47 Å². The van der Waals surface area contributed by atoms with Crippen molar-refractivity contribution < 1.29 is 9.47 Å². The van der Waals surface area contributed by atoms with E-state index < -0.39 is 0 Å². The van der Waals surface area contributed by atoms with Crippen molar-refractivity contribution in [2.24, 2.45) is 10.2 Å². The third-order valence-electron chi connectivity index (χ3n) is 4.36. The van der Waals surface area contributed by atoms with E-state index in [2.05, 4.69) is 34.9 Å². The quantitative estimate of drug-likeness (QED) is 0.274. The summed E-state index contributed by atoms with van der Waals surface area (Å²) in [5.41, 5.74) is 6.97. The summed E-state index contributed by atoms with van der Waals surface area (Å²) in [5.74, 6) is 1.63. The summed E-state index contributed by atoms with van der Waals surface area (Å²) >= 11 is 0. The van der Waals surface area contributed by atoms with E-state index in [9.17, 15) is 0 Å². The number of halogens is 1. The predicted molar refractivity (Wildman–Crippen MR) is 130 cm³/mol. The molecule has 31 heavy (non-hydrogen) atoms. The van der Waals surface area contributed by atoms with Crippen LogP contribution in [-0.2, 0) is 0 Å². The fourth-order valence-corrected chi connectivity index (χ4v) is 2.26. The minimum absolute atomic E-state index is 0. The lowest BCUT2D eigenvalue weighted by Crippen LogP contribution is -2.29. The Morgan fingerprint density at radius 3 is 1.48 bits per heavy atom. The monoisotopic (exact) mass is 445 g/mol. The van der Waals surface area contributed by atoms with Gasteiger partial charge >= 0.3 is 0 Å². The first-order chi connectivity index (χ1) is 14.5. The van der Waals surface area contributed by atoms with E-state index >= 15 is 0 Å². The van der Waals surface area contributed by atoms with E-state index in [-0.39, 0.29) is 30.6 Å². The van der Waals surface area contributed by atoms with Gasteiger partial charge in [-0.2, -0.15) is 10.2 Å². The lowest BCUT2D eigenvalue weighted by molar-refractivity contribution is 0.217.